The predicted molar refractivity (Wildman–Crippen MR) is 65.4 cm³/mol. The highest BCUT2D eigenvalue weighted by atomic mass is 32.2. The van der Waals surface area contributed by atoms with Gasteiger partial charge in [0.2, 0.25) is 10.0 Å². The van der Waals surface area contributed by atoms with E-state index in [0.29, 0.717) is 0 Å². The van der Waals surface area contributed by atoms with E-state index in [-0.39, 0.29) is 4.90 Å². The molecule has 0 atom stereocenters. The second-order valence-electron chi connectivity index (χ2n) is 3.17. The molecule has 0 unspecified atom stereocenters. The van der Waals surface area contributed by atoms with Crippen molar-refractivity contribution in [2.45, 2.75) is 4.90 Å². The Hall–Kier alpha value is -1.37. The summed E-state index contributed by atoms with van der Waals surface area (Å²) in [5.41, 5.74) is 0.829. The Morgan fingerprint density at radius 1 is 1.12 bits per heavy atom. The third-order valence-corrected chi connectivity index (χ3v) is 3.69. The second-order valence-corrected chi connectivity index (χ2v) is 5.68. The standard InChI is InChI=1S/C10H10N2O2S2/c11-16(13,14)9-5-3-8(4-6-9)12-10-2-1-7-15-10/h1-7,12H,(H2,11,13,14). The SMILES string of the molecule is NS(=O)(=O)c1ccc(Nc2cccs2)cc1. The van der Waals surface area contributed by atoms with Gasteiger partial charge < -0.3 is 5.32 Å². The van der Waals surface area contributed by atoms with Crippen molar-refractivity contribution < 1.29 is 8.42 Å². The zero-order valence-corrected chi connectivity index (χ0v) is 9.88. The molecule has 1 aromatic carbocycles. The van der Waals surface area contributed by atoms with Crippen molar-refractivity contribution in [2.75, 3.05) is 5.32 Å². The molecular weight excluding hydrogens is 244 g/mol. The van der Waals surface area contributed by atoms with Crippen LogP contribution in [0.25, 0.3) is 0 Å². The highest BCUT2D eigenvalue weighted by Gasteiger charge is 2.06. The summed E-state index contributed by atoms with van der Waals surface area (Å²) in [7, 11) is -3.61. The number of nitrogens with one attached hydrogen (secondary N) is 1. The number of hydrogen-bond donors (Lipinski definition) is 2. The molecule has 0 aliphatic heterocycles. The molecule has 84 valence electrons. The molecule has 0 fully saturated rings. The Morgan fingerprint density at radius 3 is 2.31 bits per heavy atom. The Bertz CT molecular complexity index is 559. The molecule has 0 aliphatic rings. The van der Waals surface area contributed by atoms with Gasteiger partial charge in [-0.3, -0.25) is 0 Å². The smallest absolute Gasteiger partial charge is 0.238 e. The maximum Gasteiger partial charge on any atom is 0.238 e. The van der Waals surface area contributed by atoms with Gasteiger partial charge in [0.05, 0.1) is 9.90 Å². The van der Waals surface area contributed by atoms with E-state index in [4.69, 9.17) is 5.14 Å². The Kier molecular flexibility index (Phi) is 2.95. The third-order valence-electron chi connectivity index (χ3n) is 1.97. The van der Waals surface area contributed by atoms with Crippen molar-refractivity contribution >= 4 is 32.0 Å². The molecule has 0 bridgehead atoms. The summed E-state index contributed by atoms with van der Waals surface area (Å²) >= 11 is 1.57. The first kappa shape index (κ1) is 11.1. The number of nitrogens with two attached hydrogens (primary N) is 1. The normalized spacial score (nSPS) is 11.3. The first-order valence-corrected chi connectivity index (χ1v) is 6.92. The highest BCUT2D eigenvalue weighted by molar-refractivity contribution is 7.89. The van der Waals surface area contributed by atoms with E-state index in [1.54, 1.807) is 23.5 Å². The molecule has 3 N–H and O–H groups in total. The van der Waals surface area contributed by atoms with Crippen LogP contribution in [-0.4, -0.2) is 8.42 Å². The maximum absolute atomic E-state index is 11.0. The first-order valence-electron chi connectivity index (χ1n) is 4.49. The number of hydrogen-bond acceptors (Lipinski definition) is 4. The molecule has 16 heavy (non-hydrogen) atoms. The van der Waals surface area contributed by atoms with Crippen LogP contribution in [0.5, 0.6) is 0 Å². The van der Waals surface area contributed by atoms with E-state index < -0.39 is 10.0 Å². The fourth-order valence-electron chi connectivity index (χ4n) is 1.22. The number of benzene rings is 1. The van der Waals surface area contributed by atoms with Crippen molar-refractivity contribution in [1.82, 2.24) is 0 Å². The Labute approximate surface area is 97.8 Å². The van der Waals surface area contributed by atoms with E-state index in [1.807, 2.05) is 17.5 Å². The van der Waals surface area contributed by atoms with Crippen LogP contribution in [-0.2, 0) is 10.0 Å². The molecule has 6 heteroatoms. The lowest BCUT2D eigenvalue weighted by molar-refractivity contribution is 0.598. The van der Waals surface area contributed by atoms with Crippen LogP contribution < -0.4 is 10.5 Å². The summed E-state index contributed by atoms with van der Waals surface area (Å²) in [6, 6.07) is 10.2. The van der Waals surface area contributed by atoms with Crippen molar-refractivity contribution in [3.63, 3.8) is 0 Å². The largest absolute Gasteiger partial charge is 0.347 e. The van der Waals surface area contributed by atoms with Crippen LogP contribution in [0, 0.1) is 0 Å². The highest BCUT2D eigenvalue weighted by Crippen LogP contribution is 2.22. The van der Waals surface area contributed by atoms with Gasteiger partial charge >= 0.3 is 0 Å². The van der Waals surface area contributed by atoms with Gasteiger partial charge in [0, 0.05) is 5.69 Å². The van der Waals surface area contributed by atoms with E-state index in [0.717, 1.165) is 10.7 Å². The average molecular weight is 254 g/mol. The summed E-state index contributed by atoms with van der Waals surface area (Å²) in [5, 5.41) is 11.1. The molecule has 0 spiro atoms. The minimum Gasteiger partial charge on any atom is -0.347 e. The minimum absolute atomic E-state index is 0.115. The van der Waals surface area contributed by atoms with Crippen LogP contribution in [0.1, 0.15) is 0 Å². The van der Waals surface area contributed by atoms with Gasteiger partial charge in [-0.2, -0.15) is 0 Å². The van der Waals surface area contributed by atoms with Gasteiger partial charge in [0.25, 0.3) is 0 Å². The minimum atomic E-state index is -3.61. The molecular formula is C10H10N2O2S2. The van der Waals surface area contributed by atoms with E-state index in [9.17, 15) is 8.42 Å². The number of rotatable bonds is 3. The van der Waals surface area contributed by atoms with Crippen molar-refractivity contribution in [2.24, 2.45) is 5.14 Å². The monoisotopic (exact) mass is 254 g/mol. The Balaban J connectivity index is 2.20. The summed E-state index contributed by atoms with van der Waals surface area (Å²) in [6.45, 7) is 0. The van der Waals surface area contributed by atoms with Gasteiger partial charge in [-0.25, -0.2) is 13.6 Å². The number of thiophene rings is 1. The predicted octanol–water partition coefficient (Wildman–Crippen LogP) is 2.14. The molecule has 0 saturated carbocycles. The molecule has 2 aromatic rings. The second kappa shape index (κ2) is 4.25. The van der Waals surface area contributed by atoms with E-state index >= 15 is 0 Å². The molecule has 0 amide bonds. The lowest BCUT2D eigenvalue weighted by atomic mass is 10.3. The third kappa shape index (κ3) is 2.60. The lowest BCUT2D eigenvalue weighted by Crippen LogP contribution is -2.11. The first-order chi connectivity index (χ1) is 7.55. The maximum atomic E-state index is 11.0. The number of sulfonamides is 1. The van der Waals surface area contributed by atoms with Gasteiger partial charge in [0.15, 0.2) is 0 Å². The van der Waals surface area contributed by atoms with Crippen molar-refractivity contribution in [1.29, 1.82) is 0 Å². The lowest BCUT2D eigenvalue weighted by Gasteiger charge is -2.04. The van der Waals surface area contributed by atoms with Crippen LogP contribution >= 0.6 is 11.3 Å². The average Bonchev–Trinajstić information content (AvgIpc) is 2.70. The van der Waals surface area contributed by atoms with Gasteiger partial charge in [-0.05, 0) is 41.8 Å². The molecule has 1 aromatic heterocycles. The molecule has 0 radical (unpaired) electrons. The molecule has 2 rings (SSSR count). The summed E-state index contributed by atoms with van der Waals surface area (Å²) in [4.78, 5) is 0.115. The quantitative estimate of drug-likeness (QED) is 0.881. The molecule has 0 aliphatic carbocycles. The fraction of sp³-hybridized carbons (Fsp3) is 0. The zero-order valence-electron chi connectivity index (χ0n) is 8.25. The fourth-order valence-corrected chi connectivity index (χ4v) is 2.37. The van der Waals surface area contributed by atoms with Crippen LogP contribution in [0.15, 0.2) is 46.7 Å². The summed E-state index contributed by atoms with van der Waals surface area (Å²) in [6.07, 6.45) is 0. The molecule has 0 saturated heterocycles. The number of primary sulfonamides is 1. The molecule has 1 heterocycles. The van der Waals surface area contributed by atoms with Crippen molar-refractivity contribution in [3.05, 3.63) is 41.8 Å². The zero-order chi connectivity index (χ0) is 11.6. The van der Waals surface area contributed by atoms with E-state index in [2.05, 4.69) is 5.32 Å². The van der Waals surface area contributed by atoms with Crippen LogP contribution in [0.3, 0.4) is 0 Å². The van der Waals surface area contributed by atoms with Gasteiger partial charge in [0.1, 0.15) is 0 Å². The van der Waals surface area contributed by atoms with Crippen molar-refractivity contribution in [3.8, 4) is 0 Å². The van der Waals surface area contributed by atoms with Gasteiger partial charge in [-0.1, -0.05) is 0 Å². The van der Waals surface area contributed by atoms with Gasteiger partial charge in [-0.15, -0.1) is 11.3 Å². The topological polar surface area (TPSA) is 72.2 Å². The van der Waals surface area contributed by atoms with E-state index in [1.165, 1.54) is 12.1 Å². The number of anilines is 2. The molecule has 4 nitrogen and oxygen atoms in total. The van der Waals surface area contributed by atoms with Crippen LogP contribution in [0.2, 0.25) is 0 Å². The summed E-state index contributed by atoms with van der Waals surface area (Å²) in [5.74, 6) is 0. The van der Waals surface area contributed by atoms with Crippen LogP contribution in [0.4, 0.5) is 10.7 Å². The summed E-state index contributed by atoms with van der Waals surface area (Å²) < 4.78 is 22.0. The Morgan fingerprint density at radius 2 is 1.81 bits per heavy atom.